The molecule has 190 valence electrons. The van der Waals surface area contributed by atoms with Crippen LogP contribution in [0.2, 0.25) is 15.1 Å². The zero-order chi connectivity index (χ0) is 26.2. The summed E-state index contributed by atoms with van der Waals surface area (Å²) in [5.41, 5.74) is 4.77. The third-order valence-corrected chi connectivity index (χ3v) is 6.98. The highest BCUT2D eigenvalue weighted by atomic mass is 35.5. The number of amides is 1. The summed E-state index contributed by atoms with van der Waals surface area (Å²) in [6, 6.07) is 19.9. The van der Waals surface area contributed by atoms with Gasteiger partial charge in [-0.05, 0) is 30.3 Å². The summed E-state index contributed by atoms with van der Waals surface area (Å²) in [6.07, 6.45) is 1.58. The van der Waals surface area contributed by atoms with E-state index >= 15 is 0 Å². The quantitative estimate of drug-likeness (QED) is 0.0957. The topological polar surface area (TPSA) is 119 Å². The van der Waals surface area contributed by atoms with E-state index in [9.17, 15) is 4.79 Å². The number of hydrogen-bond acceptors (Lipinski definition) is 8. The second-order valence-electron chi connectivity index (χ2n) is 7.40. The molecular weight excluding hydrogens is 557 g/mol. The van der Waals surface area contributed by atoms with Crippen molar-refractivity contribution < 1.29 is 9.53 Å². The van der Waals surface area contributed by atoms with Gasteiger partial charge in [0.25, 0.3) is 5.95 Å². The number of ether oxygens (including phenoxy) is 1. The van der Waals surface area contributed by atoms with E-state index in [0.29, 0.717) is 33.2 Å². The summed E-state index contributed by atoms with van der Waals surface area (Å²) in [4.78, 5) is 12.3. The van der Waals surface area contributed by atoms with Gasteiger partial charge in [-0.3, -0.25) is 4.79 Å². The number of hydrogen-bond donors (Lipinski definition) is 3. The summed E-state index contributed by atoms with van der Waals surface area (Å²) >= 11 is 19.4. The molecule has 0 aliphatic heterocycles. The minimum Gasteiger partial charge on any atom is -0.488 e. The Kier molecular flexibility index (Phi) is 9.13. The molecule has 4 rings (SSSR count). The number of hydrazone groups is 1. The molecule has 1 aromatic heterocycles. The van der Waals surface area contributed by atoms with Crippen LogP contribution in [0, 0.1) is 0 Å². The lowest BCUT2D eigenvalue weighted by Crippen LogP contribution is -2.17. The van der Waals surface area contributed by atoms with Gasteiger partial charge in [-0.2, -0.15) is 5.10 Å². The van der Waals surface area contributed by atoms with Crippen LogP contribution in [-0.2, 0) is 11.4 Å². The fourth-order valence-electron chi connectivity index (χ4n) is 3.02. The lowest BCUT2D eigenvalue weighted by molar-refractivity contribution is -0.113. The fraction of sp³-hybridized carbons (Fsp3) is 0.0833. The molecule has 0 aliphatic carbocycles. The number of para-hydroxylation sites is 1. The highest BCUT2D eigenvalue weighted by molar-refractivity contribution is 7.99. The molecule has 37 heavy (non-hydrogen) atoms. The fourth-order valence-corrected chi connectivity index (χ4v) is 4.21. The molecule has 3 aromatic carbocycles. The Labute approximate surface area is 231 Å². The van der Waals surface area contributed by atoms with Gasteiger partial charge in [0.1, 0.15) is 12.4 Å². The summed E-state index contributed by atoms with van der Waals surface area (Å²) in [5, 5.41) is 16.4. The maximum atomic E-state index is 12.3. The smallest absolute Gasteiger partial charge is 0.264 e. The molecule has 0 spiro atoms. The number of nitrogens with two attached hydrogens (primary N) is 1. The zero-order valence-electron chi connectivity index (χ0n) is 19.1. The van der Waals surface area contributed by atoms with Crippen LogP contribution in [-0.4, -0.2) is 32.7 Å². The third kappa shape index (κ3) is 7.07. The van der Waals surface area contributed by atoms with Crippen molar-refractivity contribution in [3.63, 3.8) is 0 Å². The number of rotatable bonds is 10. The summed E-state index contributed by atoms with van der Waals surface area (Å²) in [7, 11) is 0. The Hall–Kier alpha value is -3.44. The molecule has 0 radical (unpaired) electrons. The van der Waals surface area contributed by atoms with Crippen LogP contribution in [0.1, 0.15) is 11.1 Å². The van der Waals surface area contributed by atoms with Crippen LogP contribution in [0.15, 0.2) is 77.0 Å². The Balaban J connectivity index is 1.33. The van der Waals surface area contributed by atoms with Crippen molar-refractivity contribution in [1.29, 1.82) is 0 Å². The predicted molar refractivity (Wildman–Crippen MR) is 149 cm³/mol. The van der Waals surface area contributed by atoms with Gasteiger partial charge in [-0.25, -0.2) is 10.1 Å². The van der Waals surface area contributed by atoms with Crippen molar-refractivity contribution in [2.24, 2.45) is 5.10 Å². The van der Waals surface area contributed by atoms with E-state index in [1.165, 1.54) is 4.68 Å². The lowest BCUT2D eigenvalue weighted by Gasteiger charge is -2.10. The number of aromatic nitrogens is 3. The molecular formula is C24H20Cl3N7O2S. The summed E-state index contributed by atoms with van der Waals surface area (Å²) < 4.78 is 7.12. The van der Waals surface area contributed by atoms with Crippen LogP contribution in [0.3, 0.4) is 0 Å². The number of benzene rings is 3. The Morgan fingerprint density at radius 1 is 1.03 bits per heavy atom. The van der Waals surface area contributed by atoms with Gasteiger partial charge in [0, 0.05) is 16.1 Å². The Morgan fingerprint density at radius 3 is 2.62 bits per heavy atom. The number of carbonyl (C=O) groups excluding carboxylic acids is 1. The number of halogens is 3. The van der Waals surface area contributed by atoms with E-state index in [1.54, 1.807) is 24.4 Å². The molecule has 0 saturated heterocycles. The van der Waals surface area contributed by atoms with E-state index in [1.807, 2.05) is 48.5 Å². The van der Waals surface area contributed by atoms with Gasteiger partial charge >= 0.3 is 0 Å². The van der Waals surface area contributed by atoms with E-state index in [-0.39, 0.29) is 22.6 Å². The van der Waals surface area contributed by atoms with Gasteiger partial charge in [0.05, 0.1) is 27.7 Å². The van der Waals surface area contributed by atoms with Crippen molar-refractivity contribution in [1.82, 2.24) is 14.9 Å². The van der Waals surface area contributed by atoms with Gasteiger partial charge < -0.3 is 15.9 Å². The van der Waals surface area contributed by atoms with Crippen LogP contribution in [0.4, 0.5) is 11.6 Å². The number of nitrogens with zero attached hydrogens (tertiary/aromatic N) is 4. The van der Waals surface area contributed by atoms with Crippen LogP contribution >= 0.6 is 46.6 Å². The SMILES string of the molecule is Nn1c(N/N=C/c2ccccc2OCc2ccccc2Cl)nnc1SCC(=O)Nc1cccc(Cl)c1Cl. The number of anilines is 2. The number of carbonyl (C=O) groups is 1. The van der Waals surface area contributed by atoms with Gasteiger partial charge in [-0.15, -0.1) is 10.2 Å². The van der Waals surface area contributed by atoms with E-state index < -0.39 is 0 Å². The highest BCUT2D eigenvalue weighted by Crippen LogP contribution is 2.30. The van der Waals surface area contributed by atoms with Crippen molar-refractivity contribution in [2.45, 2.75) is 11.8 Å². The van der Waals surface area contributed by atoms with E-state index in [4.69, 9.17) is 45.4 Å². The first-order chi connectivity index (χ1) is 17.9. The van der Waals surface area contributed by atoms with E-state index in [2.05, 4.69) is 26.0 Å². The minimum atomic E-state index is -0.307. The lowest BCUT2D eigenvalue weighted by atomic mass is 10.2. The molecule has 0 saturated carbocycles. The van der Waals surface area contributed by atoms with Crippen molar-refractivity contribution >= 4 is 70.3 Å². The average Bonchev–Trinajstić information content (AvgIpc) is 3.25. The average molecular weight is 577 g/mol. The Morgan fingerprint density at radius 2 is 1.78 bits per heavy atom. The molecule has 0 unspecified atom stereocenters. The van der Waals surface area contributed by atoms with E-state index in [0.717, 1.165) is 22.9 Å². The molecule has 4 aromatic rings. The zero-order valence-corrected chi connectivity index (χ0v) is 22.2. The molecule has 1 amide bonds. The number of nitrogens with one attached hydrogen (secondary N) is 2. The standard InChI is InChI=1S/C24H20Cl3N7O2S/c25-17-8-3-1-7-16(17)13-36-20-11-4-2-6-15(20)12-29-31-23-32-33-24(34(23)28)37-14-21(35)30-19-10-5-9-18(26)22(19)27/h1-12H,13-14,28H2,(H,30,35)(H,31,32)/b29-12+. The maximum Gasteiger partial charge on any atom is 0.264 e. The second-order valence-corrected chi connectivity index (χ2v) is 9.54. The largest absolute Gasteiger partial charge is 0.488 e. The first kappa shape index (κ1) is 26.6. The van der Waals surface area contributed by atoms with Crippen LogP contribution in [0.25, 0.3) is 0 Å². The van der Waals surface area contributed by atoms with Crippen molar-refractivity contribution in [3.8, 4) is 5.75 Å². The number of nitrogen functional groups attached to an aromatic ring is 1. The van der Waals surface area contributed by atoms with Crippen LogP contribution in [0.5, 0.6) is 5.75 Å². The molecule has 1 heterocycles. The number of thioether (sulfide) groups is 1. The molecule has 4 N–H and O–H groups in total. The van der Waals surface area contributed by atoms with Crippen LogP contribution < -0.4 is 21.3 Å². The molecule has 0 fully saturated rings. The normalized spacial score (nSPS) is 11.0. The maximum absolute atomic E-state index is 12.3. The predicted octanol–water partition coefficient (Wildman–Crippen LogP) is 5.71. The monoisotopic (exact) mass is 575 g/mol. The minimum absolute atomic E-state index is 0.0254. The molecule has 0 aliphatic rings. The van der Waals surface area contributed by atoms with Crippen molar-refractivity contribution in [2.75, 3.05) is 22.3 Å². The first-order valence-corrected chi connectivity index (χ1v) is 12.9. The summed E-state index contributed by atoms with van der Waals surface area (Å²) in [5.74, 6) is 6.58. The molecule has 0 atom stereocenters. The second kappa shape index (κ2) is 12.7. The van der Waals surface area contributed by atoms with Gasteiger partial charge in [-0.1, -0.05) is 83.0 Å². The summed E-state index contributed by atoms with van der Waals surface area (Å²) in [6.45, 7) is 0.312. The van der Waals surface area contributed by atoms with Gasteiger partial charge in [0.15, 0.2) is 0 Å². The molecule has 0 bridgehead atoms. The first-order valence-electron chi connectivity index (χ1n) is 10.7. The Bertz CT molecular complexity index is 1430. The highest BCUT2D eigenvalue weighted by Gasteiger charge is 2.14. The molecule has 9 nitrogen and oxygen atoms in total. The van der Waals surface area contributed by atoms with Crippen molar-refractivity contribution in [3.05, 3.63) is 92.9 Å². The van der Waals surface area contributed by atoms with Gasteiger partial charge in [0.2, 0.25) is 11.1 Å². The third-order valence-electron chi connectivity index (χ3n) is 4.85. The molecule has 13 heteroatoms.